The normalized spacial score (nSPS) is 18.0. The molecule has 2 aromatic rings. The molecule has 6 heteroatoms. The number of thiazole rings is 1. The lowest BCUT2D eigenvalue weighted by atomic mass is 9.97. The highest BCUT2D eigenvalue weighted by atomic mass is 32.1. The molecule has 2 unspecified atom stereocenters. The Morgan fingerprint density at radius 1 is 1.42 bits per heavy atom. The van der Waals surface area contributed by atoms with Crippen LogP contribution in [0, 0.1) is 11.7 Å². The second kappa shape index (κ2) is 7.40. The molecule has 24 heavy (non-hydrogen) atoms. The Bertz CT molecular complexity index is 714. The van der Waals surface area contributed by atoms with Gasteiger partial charge in [-0.25, -0.2) is 9.37 Å². The van der Waals surface area contributed by atoms with E-state index in [1.54, 1.807) is 23.5 Å². The van der Waals surface area contributed by atoms with Crippen molar-refractivity contribution in [3.8, 4) is 10.6 Å². The van der Waals surface area contributed by atoms with E-state index in [9.17, 15) is 9.18 Å². The SMILES string of the molecule is CNCC(C)C(=O)NC1CCCc2nc(-c3ccc(F)cc3)sc21. The molecule has 0 saturated heterocycles. The molecule has 1 aromatic carbocycles. The molecule has 3 rings (SSSR count). The van der Waals surface area contributed by atoms with Gasteiger partial charge in [0.1, 0.15) is 10.8 Å². The fourth-order valence-corrected chi connectivity index (χ4v) is 4.19. The van der Waals surface area contributed by atoms with E-state index in [1.807, 2.05) is 14.0 Å². The largest absolute Gasteiger partial charge is 0.348 e. The van der Waals surface area contributed by atoms with Gasteiger partial charge in [-0.15, -0.1) is 11.3 Å². The van der Waals surface area contributed by atoms with Crippen LogP contribution in [0.3, 0.4) is 0 Å². The minimum Gasteiger partial charge on any atom is -0.348 e. The minimum absolute atomic E-state index is 0.0345. The molecule has 1 aromatic heterocycles. The van der Waals surface area contributed by atoms with E-state index in [1.165, 1.54) is 12.1 Å². The third-order valence-corrected chi connectivity index (χ3v) is 5.58. The Labute approximate surface area is 145 Å². The van der Waals surface area contributed by atoms with Gasteiger partial charge in [-0.2, -0.15) is 0 Å². The molecule has 1 heterocycles. The Balaban J connectivity index is 1.80. The quantitative estimate of drug-likeness (QED) is 0.873. The molecule has 0 radical (unpaired) electrons. The van der Waals surface area contributed by atoms with Crippen LogP contribution in [0.4, 0.5) is 4.39 Å². The summed E-state index contributed by atoms with van der Waals surface area (Å²) in [5.41, 5.74) is 1.99. The van der Waals surface area contributed by atoms with Gasteiger partial charge in [0.05, 0.1) is 16.6 Å². The van der Waals surface area contributed by atoms with Crippen molar-refractivity contribution in [1.82, 2.24) is 15.6 Å². The van der Waals surface area contributed by atoms with Gasteiger partial charge >= 0.3 is 0 Å². The molecule has 1 amide bonds. The molecule has 0 aliphatic heterocycles. The second-order valence-electron chi connectivity index (χ2n) is 6.25. The van der Waals surface area contributed by atoms with Gasteiger partial charge in [-0.05, 0) is 50.6 Å². The lowest BCUT2D eigenvalue weighted by molar-refractivity contribution is -0.125. The number of carbonyl (C=O) groups is 1. The fourth-order valence-electron chi connectivity index (χ4n) is 2.99. The number of aryl methyl sites for hydroxylation is 1. The van der Waals surface area contributed by atoms with Crippen LogP contribution in [0.5, 0.6) is 0 Å². The summed E-state index contributed by atoms with van der Waals surface area (Å²) in [6.45, 7) is 2.58. The maximum Gasteiger partial charge on any atom is 0.224 e. The highest BCUT2D eigenvalue weighted by Crippen LogP contribution is 2.38. The summed E-state index contributed by atoms with van der Waals surface area (Å²) in [6, 6.07) is 6.44. The monoisotopic (exact) mass is 347 g/mol. The predicted octanol–water partition coefficient (Wildman–Crippen LogP) is 3.30. The number of aromatic nitrogens is 1. The Hall–Kier alpha value is -1.79. The predicted molar refractivity (Wildman–Crippen MR) is 94.4 cm³/mol. The maximum atomic E-state index is 13.1. The van der Waals surface area contributed by atoms with Crippen molar-refractivity contribution in [2.24, 2.45) is 5.92 Å². The van der Waals surface area contributed by atoms with Gasteiger partial charge in [-0.3, -0.25) is 4.79 Å². The van der Waals surface area contributed by atoms with Gasteiger partial charge < -0.3 is 10.6 Å². The highest BCUT2D eigenvalue weighted by molar-refractivity contribution is 7.15. The highest BCUT2D eigenvalue weighted by Gasteiger charge is 2.27. The van der Waals surface area contributed by atoms with Crippen LogP contribution < -0.4 is 10.6 Å². The standard InChI is InChI=1S/C18H22FN3OS/c1-11(10-20-2)17(23)21-14-4-3-5-15-16(14)24-18(22-15)12-6-8-13(19)9-7-12/h6-9,11,14,20H,3-5,10H2,1-2H3,(H,21,23). The lowest BCUT2D eigenvalue weighted by Crippen LogP contribution is -2.37. The summed E-state index contributed by atoms with van der Waals surface area (Å²) in [5, 5.41) is 7.09. The first-order valence-corrected chi connectivity index (χ1v) is 9.10. The van der Waals surface area contributed by atoms with Gasteiger partial charge in [0, 0.05) is 18.0 Å². The van der Waals surface area contributed by atoms with E-state index in [4.69, 9.17) is 4.98 Å². The summed E-state index contributed by atoms with van der Waals surface area (Å²) in [4.78, 5) is 18.2. The van der Waals surface area contributed by atoms with Crippen LogP contribution in [0.15, 0.2) is 24.3 Å². The van der Waals surface area contributed by atoms with Crippen molar-refractivity contribution in [1.29, 1.82) is 0 Å². The van der Waals surface area contributed by atoms with Gasteiger partial charge in [-0.1, -0.05) is 6.92 Å². The first-order chi connectivity index (χ1) is 11.6. The zero-order valence-electron chi connectivity index (χ0n) is 13.9. The Morgan fingerprint density at radius 2 is 2.17 bits per heavy atom. The van der Waals surface area contributed by atoms with Crippen LogP contribution in [-0.2, 0) is 11.2 Å². The molecule has 1 aliphatic rings. The Morgan fingerprint density at radius 3 is 2.88 bits per heavy atom. The molecule has 0 bridgehead atoms. The number of benzene rings is 1. The molecule has 2 atom stereocenters. The molecule has 2 N–H and O–H groups in total. The van der Waals surface area contributed by atoms with Crippen LogP contribution >= 0.6 is 11.3 Å². The molecular formula is C18H22FN3OS. The van der Waals surface area contributed by atoms with Crippen molar-refractivity contribution >= 4 is 17.2 Å². The topological polar surface area (TPSA) is 54.0 Å². The van der Waals surface area contributed by atoms with Crippen LogP contribution in [0.2, 0.25) is 0 Å². The number of halogens is 1. The summed E-state index contributed by atoms with van der Waals surface area (Å²) < 4.78 is 13.1. The van der Waals surface area contributed by atoms with Crippen LogP contribution in [0.25, 0.3) is 10.6 Å². The number of carbonyl (C=O) groups excluding carboxylic acids is 1. The number of hydrogen-bond donors (Lipinski definition) is 2. The molecule has 0 fully saturated rings. The first-order valence-electron chi connectivity index (χ1n) is 8.29. The summed E-state index contributed by atoms with van der Waals surface area (Å²) in [5.74, 6) is -0.243. The number of rotatable bonds is 5. The second-order valence-corrected chi connectivity index (χ2v) is 7.28. The van der Waals surface area contributed by atoms with Gasteiger partial charge in [0.15, 0.2) is 0 Å². The molecule has 0 spiro atoms. The van der Waals surface area contributed by atoms with E-state index in [0.717, 1.165) is 40.4 Å². The fraction of sp³-hybridized carbons (Fsp3) is 0.444. The summed E-state index contributed by atoms with van der Waals surface area (Å²) in [6.07, 6.45) is 2.90. The molecule has 4 nitrogen and oxygen atoms in total. The smallest absolute Gasteiger partial charge is 0.224 e. The van der Waals surface area contributed by atoms with Crippen molar-refractivity contribution in [2.45, 2.75) is 32.2 Å². The average molecular weight is 347 g/mol. The average Bonchev–Trinajstić information content (AvgIpc) is 3.01. The van der Waals surface area contributed by atoms with E-state index < -0.39 is 0 Å². The van der Waals surface area contributed by atoms with Crippen molar-refractivity contribution in [2.75, 3.05) is 13.6 Å². The third kappa shape index (κ3) is 3.65. The molecule has 0 saturated carbocycles. The molecular weight excluding hydrogens is 325 g/mol. The lowest BCUT2D eigenvalue weighted by Gasteiger charge is -2.24. The van der Waals surface area contributed by atoms with Crippen molar-refractivity contribution in [3.63, 3.8) is 0 Å². The van der Waals surface area contributed by atoms with Crippen LogP contribution in [-0.4, -0.2) is 24.5 Å². The van der Waals surface area contributed by atoms with Crippen molar-refractivity contribution in [3.05, 3.63) is 40.7 Å². The minimum atomic E-state index is -0.247. The zero-order valence-corrected chi connectivity index (χ0v) is 14.8. The third-order valence-electron chi connectivity index (χ3n) is 4.32. The number of nitrogens with one attached hydrogen (secondary N) is 2. The zero-order chi connectivity index (χ0) is 17.1. The van der Waals surface area contributed by atoms with E-state index in [2.05, 4.69) is 10.6 Å². The maximum absolute atomic E-state index is 13.1. The number of fused-ring (bicyclic) bond motifs is 1. The first kappa shape index (κ1) is 17.0. The number of hydrogen-bond acceptors (Lipinski definition) is 4. The van der Waals surface area contributed by atoms with Gasteiger partial charge in [0.2, 0.25) is 5.91 Å². The number of amides is 1. The number of nitrogens with zero attached hydrogens (tertiary/aromatic N) is 1. The summed E-state index contributed by atoms with van der Waals surface area (Å²) in [7, 11) is 1.85. The molecule has 128 valence electrons. The van der Waals surface area contributed by atoms with E-state index >= 15 is 0 Å². The van der Waals surface area contributed by atoms with Crippen molar-refractivity contribution < 1.29 is 9.18 Å². The van der Waals surface area contributed by atoms with Crippen LogP contribution in [0.1, 0.15) is 36.4 Å². The Kier molecular flexibility index (Phi) is 5.26. The van der Waals surface area contributed by atoms with E-state index in [-0.39, 0.29) is 23.7 Å². The summed E-state index contributed by atoms with van der Waals surface area (Å²) >= 11 is 1.61. The van der Waals surface area contributed by atoms with Gasteiger partial charge in [0.25, 0.3) is 0 Å². The van der Waals surface area contributed by atoms with E-state index in [0.29, 0.717) is 6.54 Å². The molecule has 1 aliphatic carbocycles.